The molecule has 1 heterocycles. The van der Waals surface area contributed by atoms with Crippen molar-refractivity contribution in [1.29, 1.82) is 0 Å². The fourth-order valence-electron chi connectivity index (χ4n) is 3.08. The summed E-state index contributed by atoms with van der Waals surface area (Å²) in [5.74, 6) is -0.0843. The van der Waals surface area contributed by atoms with E-state index in [9.17, 15) is 4.39 Å². The molecule has 0 radical (unpaired) electrons. The topological polar surface area (TPSA) is 12.0 Å². The van der Waals surface area contributed by atoms with E-state index in [1.807, 2.05) is 19.1 Å². The van der Waals surface area contributed by atoms with Gasteiger partial charge in [-0.05, 0) is 56.3 Å². The molecule has 0 aromatic heterocycles. The zero-order chi connectivity index (χ0) is 11.2. The highest BCUT2D eigenvalue weighted by molar-refractivity contribution is 5.37. The first-order chi connectivity index (χ1) is 7.72. The SMILES string of the molecule is Cc1cc(C2(C3CCCN3)CC2)ccc1F. The van der Waals surface area contributed by atoms with Gasteiger partial charge in [0.25, 0.3) is 0 Å². The average molecular weight is 219 g/mol. The third-order valence-electron chi connectivity index (χ3n) is 4.25. The van der Waals surface area contributed by atoms with Crippen LogP contribution < -0.4 is 5.32 Å². The summed E-state index contributed by atoms with van der Waals surface area (Å²) in [5.41, 5.74) is 2.45. The van der Waals surface area contributed by atoms with Crippen LogP contribution in [0.5, 0.6) is 0 Å². The van der Waals surface area contributed by atoms with Crippen molar-refractivity contribution >= 4 is 0 Å². The van der Waals surface area contributed by atoms with Crippen LogP contribution in [0.3, 0.4) is 0 Å². The Labute approximate surface area is 96.1 Å². The minimum absolute atomic E-state index is 0.0843. The van der Waals surface area contributed by atoms with Crippen LogP contribution in [0.15, 0.2) is 18.2 Å². The molecule has 2 heteroatoms. The van der Waals surface area contributed by atoms with Gasteiger partial charge in [-0.1, -0.05) is 12.1 Å². The largest absolute Gasteiger partial charge is 0.313 e. The van der Waals surface area contributed by atoms with Crippen molar-refractivity contribution in [3.8, 4) is 0 Å². The molecule has 1 saturated carbocycles. The van der Waals surface area contributed by atoms with Crippen molar-refractivity contribution in [3.05, 3.63) is 35.1 Å². The van der Waals surface area contributed by atoms with Crippen LogP contribution in [0, 0.1) is 12.7 Å². The maximum atomic E-state index is 13.3. The van der Waals surface area contributed by atoms with Gasteiger partial charge in [0.15, 0.2) is 0 Å². The molecule has 1 unspecified atom stereocenters. The third kappa shape index (κ3) is 1.47. The first-order valence-electron chi connectivity index (χ1n) is 6.22. The maximum absolute atomic E-state index is 13.3. The number of benzene rings is 1. The van der Waals surface area contributed by atoms with Crippen LogP contribution >= 0.6 is 0 Å². The summed E-state index contributed by atoms with van der Waals surface area (Å²) < 4.78 is 13.3. The van der Waals surface area contributed by atoms with Crippen LogP contribution in [0.4, 0.5) is 4.39 Å². The molecule has 2 fully saturated rings. The van der Waals surface area contributed by atoms with Crippen LogP contribution in [-0.4, -0.2) is 12.6 Å². The second-order valence-corrected chi connectivity index (χ2v) is 5.27. The molecule has 0 spiro atoms. The molecule has 1 nitrogen and oxygen atoms in total. The lowest BCUT2D eigenvalue weighted by molar-refractivity contribution is 0.471. The fourth-order valence-corrected chi connectivity index (χ4v) is 3.08. The van der Waals surface area contributed by atoms with Gasteiger partial charge in [-0.2, -0.15) is 0 Å². The molecule has 1 aliphatic heterocycles. The molecule has 1 aliphatic carbocycles. The number of rotatable bonds is 2. The van der Waals surface area contributed by atoms with Gasteiger partial charge in [0.2, 0.25) is 0 Å². The first-order valence-corrected chi connectivity index (χ1v) is 6.22. The summed E-state index contributed by atoms with van der Waals surface area (Å²) in [5, 5.41) is 3.60. The summed E-state index contributed by atoms with van der Waals surface area (Å²) in [6, 6.07) is 6.27. The Kier molecular flexibility index (Phi) is 2.28. The van der Waals surface area contributed by atoms with E-state index in [4.69, 9.17) is 0 Å². The van der Waals surface area contributed by atoms with E-state index in [0.717, 1.165) is 12.1 Å². The van der Waals surface area contributed by atoms with E-state index in [0.29, 0.717) is 11.5 Å². The van der Waals surface area contributed by atoms with Crippen LogP contribution in [0.1, 0.15) is 36.8 Å². The Morgan fingerprint density at radius 1 is 1.38 bits per heavy atom. The molecule has 2 aliphatic rings. The summed E-state index contributed by atoms with van der Waals surface area (Å²) in [7, 11) is 0. The van der Waals surface area contributed by atoms with Gasteiger partial charge >= 0.3 is 0 Å². The maximum Gasteiger partial charge on any atom is 0.126 e. The molecule has 3 rings (SSSR count). The molecule has 86 valence electrons. The van der Waals surface area contributed by atoms with E-state index < -0.39 is 0 Å². The Morgan fingerprint density at radius 3 is 2.75 bits per heavy atom. The Balaban J connectivity index is 1.93. The summed E-state index contributed by atoms with van der Waals surface area (Å²) in [6.07, 6.45) is 5.08. The highest BCUT2D eigenvalue weighted by atomic mass is 19.1. The molecule has 0 amide bonds. The zero-order valence-electron chi connectivity index (χ0n) is 9.72. The van der Waals surface area contributed by atoms with Crippen molar-refractivity contribution < 1.29 is 4.39 Å². The van der Waals surface area contributed by atoms with Crippen molar-refractivity contribution in [2.45, 2.75) is 44.1 Å². The molecule has 0 bridgehead atoms. The minimum Gasteiger partial charge on any atom is -0.313 e. The smallest absolute Gasteiger partial charge is 0.126 e. The minimum atomic E-state index is -0.0843. The average Bonchev–Trinajstić information content (AvgIpc) is 2.90. The summed E-state index contributed by atoms with van der Waals surface area (Å²) in [4.78, 5) is 0. The van der Waals surface area contributed by atoms with Gasteiger partial charge in [0.05, 0.1) is 0 Å². The molecule has 1 N–H and O–H groups in total. The number of hydrogen-bond acceptors (Lipinski definition) is 1. The van der Waals surface area contributed by atoms with Crippen molar-refractivity contribution in [1.82, 2.24) is 5.32 Å². The summed E-state index contributed by atoms with van der Waals surface area (Å²) >= 11 is 0. The van der Waals surface area contributed by atoms with E-state index in [-0.39, 0.29) is 5.82 Å². The lowest BCUT2D eigenvalue weighted by Gasteiger charge is -2.24. The third-order valence-corrected chi connectivity index (χ3v) is 4.25. The molecule has 1 aromatic carbocycles. The Bertz CT molecular complexity index is 403. The fraction of sp³-hybridized carbons (Fsp3) is 0.571. The highest BCUT2D eigenvalue weighted by Gasteiger charge is 2.51. The quantitative estimate of drug-likeness (QED) is 0.806. The van der Waals surface area contributed by atoms with Gasteiger partial charge in [-0.25, -0.2) is 4.39 Å². The van der Waals surface area contributed by atoms with Gasteiger partial charge < -0.3 is 5.32 Å². The first kappa shape index (κ1) is 10.3. The predicted octanol–water partition coefficient (Wildman–Crippen LogP) is 2.92. The molecular formula is C14H18FN. The number of aryl methyl sites for hydroxylation is 1. The standard InChI is InChI=1S/C14H18FN/c1-10-9-11(4-5-12(10)15)14(6-7-14)13-3-2-8-16-13/h4-5,9,13,16H,2-3,6-8H2,1H3. The van der Waals surface area contributed by atoms with Gasteiger partial charge in [-0.15, -0.1) is 0 Å². The normalized spacial score (nSPS) is 27.0. The molecule has 1 saturated heterocycles. The molecule has 1 aromatic rings. The lowest BCUT2D eigenvalue weighted by atomic mass is 9.86. The van der Waals surface area contributed by atoms with Crippen molar-refractivity contribution in [2.75, 3.05) is 6.54 Å². The van der Waals surface area contributed by atoms with Crippen molar-refractivity contribution in [2.24, 2.45) is 0 Å². The molecule has 16 heavy (non-hydrogen) atoms. The second kappa shape index (κ2) is 3.56. The molecule has 1 atom stereocenters. The van der Waals surface area contributed by atoms with E-state index in [2.05, 4.69) is 5.32 Å². The van der Waals surface area contributed by atoms with E-state index >= 15 is 0 Å². The Morgan fingerprint density at radius 2 is 2.19 bits per heavy atom. The number of halogens is 1. The highest BCUT2D eigenvalue weighted by Crippen LogP contribution is 2.53. The van der Waals surface area contributed by atoms with Gasteiger partial charge in [0, 0.05) is 11.5 Å². The lowest BCUT2D eigenvalue weighted by Crippen LogP contribution is -2.34. The number of nitrogens with one attached hydrogen (secondary N) is 1. The monoisotopic (exact) mass is 219 g/mol. The van der Waals surface area contributed by atoms with Crippen LogP contribution in [0.2, 0.25) is 0 Å². The molecular weight excluding hydrogens is 201 g/mol. The second-order valence-electron chi connectivity index (χ2n) is 5.27. The van der Waals surface area contributed by atoms with Gasteiger partial charge in [-0.3, -0.25) is 0 Å². The number of hydrogen-bond donors (Lipinski definition) is 1. The van der Waals surface area contributed by atoms with Crippen LogP contribution in [0.25, 0.3) is 0 Å². The summed E-state index contributed by atoms with van der Waals surface area (Å²) in [6.45, 7) is 3.00. The van der Waals surface area contributed by atoms with E-state index in [1.54, 1.807) is 6.07 Å². The Hall–Kier alpha value is -0.890. The zero-order valence-corrected chi connectivity index (χ0v) is 9.72. The van der Waals surface area contributed by atoms with Gasteiger partial charge in [0.1, 0.15) is 5.82 Å². The van der Waals surface area contributed by atoms with Crippen LogP contribution in [-0.2, 0) is 5.41 Å². The van der Waals surface area contributed by atoms with Crippen molar-refractivity contribution in [3.63, 3.8) is 0 Å². The predicted molar refractivity (Wildman–Crippen MR) is 63.1 cm³/mol. The van der Waals surface area contributed by atoms with E-state index in [1.165, 1.54) is 31.2 Å².